The monoisotopic (exact) mass is 415 g/mol. The number of halogens is 4. The summed E-state index contributed by atoms with van der Waals surface area (Å²) in [5.41, 5.74) is 0.840. The number of nitrogens with one attached hydrogen (secondary N) is 1. The van der Waals surface area contributed by atoms with E-state index in [1.807, 2.05) is 18.0 Å². The van der Waals surface area contributed by atoms with Crippen LogP contribution in [0.2, 0.25) is 0 Å². The fourth-order valence-corrected chi connectivity index (χ4v) is 1.81. The summed E-state index contributed by atoms with van der Waals surface area (Å²) in [5.74, 6) is 1.01. The second-order valence-corrected chi connectivity index (χ2v) is 4.53. The Hall–Kier alpha value is -1.19. The largest absolute Gasteiger partial charge is 0.484 e. The average molecular weight is 415 g/mol. The molecule has 0 aromatic heterocycles. The molecule has 8 heteroatoms. The number of benzene rings is 1. The number of nitrogens with zero attached hydrogens (tertiary/aromatic N) is 2. The molecule has 118 valence electrons. The molecule has 2 rings (SSSR count). The van der Waals surface area contributed by atoms with E-state index in [1.54, 1.807) is 12.1 Å². The Labute approximate surface area is 138 Å². The summed E-state index contributed by atoms with van der Waals surface area (Å²) in [4.78, 5) is 6.26. The highest BCUT2D eigenvalue weighted by atomic mass is 127. The van der Waals surface area contributed by atoms with Gasteiger partial charge in [-0.25, -0.2) is 0 Å². The minimum Gasteiger partial charge on any atom is -0.484 e. The van der Waals surface area contributed by atoms with E-state index in [0.717, 1.165) is 24.6 Å². The Morgan fingerprint density at radius 1 is 1.38 bits per heavy atom. The van der Waals surface area contributed by atoms with Crippen molar-refractivity contribution in [3.05, 3.63) is 29.8 Å². The standard InChI is InChI=1S/C13H16F3N3O.HI/c1-19-6-5-17-12(19)18-8-10-3-2-4-11(7-10)20-9-13(14,15)16;/h2-4,7H,5-6,8-9H2,1H3,(H,17,18);1H. The van der Waals surface area contributed by atoms with Crippen molar-refractivity contribution >= 4 is 29.9 Å². The molecule has 0 radical (unpaired) electrons. The summed E-state index contributed by atoms with van der Waals surface area (Å²) in [7, 11) is 1.93. The van der Waals surface area contributed by atoms with Gasteiger partial charge in [0.05, 0.1) is 6.54 Å². The fourth-order valence-electron chi connectivity index (χ4n) is 1.81. The van der Waals surface area contributed by atoms with Gasteiger partial charge in [0.15, 0.2) is 12.6 Å². The van der Waals surface area contributed by atoms with E-state index in [1.165, 1.54) is 6.07 Å². The third kappa shape index (κ3) is 5.98. The van der Waals surface area contributed by atoms with Crippen molar-refractivity contribution < 1.29 is 17.9 Å². The molecular weight excluding hydrogens is 398 g/mol. The third-order valence-corrected chi connectivity index (χ3v) is 2.81. The van der Waals surface area contributed by atoms with Crippen molar-refractivity contribution in [1.29, 1.82) is 0 Å². The Morgan fingerprint density at radius 2 is 2.14 bits per heavy atom. The molecule has 0 saturated carbocycles. The fraction of sp³-hybridized carbons (Fsp3) is 0.462. The lowest BCUT2D eigenvalue weighted by molar-refractivity contribution is -0.153. The van der Waals surface area contributed by atoms with Gasteiger partial charge in [-0.1, -0.05) is 12.1 Å². The number of aliphatic imine (C=N–C) groups is 1. The molecule has 1 N–H and O–H groups in total. The predicted molar refractivity (Wildman–Crippen MR) is 85.2 cm³/mol. The molecule has 0 fully saturated rings. The maximum atomic E-state index is 12.1. The molecule has 0 unspecified atom stereocenters. The summed E-state index contributed by atoms with van der Waals surface area (Å²) in [6.45, 7) is 0.844. The summed E-state index contributed by atoms with van der Waals surface area (Å²) in [5, 5.41) is 3.15. The van der Waals surface area contributed by atoms with Gasteiger partial charge in [-0.2, -0.15) is 13.2 Å². The van der Waals surface area contributed by atoms with Crippen molar-refractivity contribution in [3.63, 3.8) is 0 Å². The first-order chi connectivity index (χ1) is 9.44. The molecule has 0 aliphatic carbocycles. The molecule has 0 atom stereocenters. The third-order valence-electron chi connectivity index (χ3n) is 2.81. The van der Waals surface area contributed by atoms with E-state index < -0.39 is 12.8 Å². The maximum absolute atomic E-state index is 12.1. The van der Waals surface area contributed by atoms with Crippen LogP contribution in [-0.4, -0.2) is 43.8 Å². The topological polar surface area (TPSA) is 36.9 Å². The van der Waals surface area contributed by atoms with Gasteiger partial charge in [-0.05, 0) is 17.7 Å². The maximum Gasteiger partial charge on any atom is 0.422 e. The first kappa shape index (κ1) is 17.9. The van der Waals surface area contributed by atoms with Gasteiger partial charge in [0, 0.05) is 20.1 Å². The smallest absolute Gasteiger partial charge is 0.422 e. The predicted octanol–water partition coefficient (Wildman–Crippen LogP) is 2.64. The van der Waals surface area contributed by atoms with E-state index in [-0.39, 0.29) is 29.7 Å². The highest BCUT2D eigenvalue weighted by Gasteiger charge is 2.28. The molecule has 1 aromatic carbocycles. The molecule has 0 saturated heterocycles. The number of rotatable bonds is 4. The normalized spacial score (nSPS) is 14.5. The Balaban J connectivity index is 0.00000220. The van der Waals surface area contributed by atoms with Gasteiger partial charge in [-0.3, -0.25) is 4.99 Å². The molecular formula is C13H17F3IN3O. The molecule has 0 amide bonds. The average Bonchev–Trinajstić information content (AvgIpc) is 2.79. The van der Waals surface area contributed by atoms with Gasteiger partial charge in [0.25, 0.3) is 0 Å². The number of hydrogen-bond acceptors (Lipinski definition) is 4. The van der Waals surface area contributed by atoms with Crippen LogP contribution in [0.3, 0.4) is 0 Å². The number of ether oxygens (including phenoxy) is 1. The zero-order valence-corrected chi connectivity index (χ0v) is 13.8. The summed E-state index contributed by atoms with van der Waals surface area (Å²) < 4.78 is 40.9. The molecule has 0 spiro atoms. The number of likely N-dealkylation sites (N-methyl/N-ethyl adjacent to an activating group) is 1. The SMILES string of the molecule is CN1CCN=C1NCc1cccc(OCC(F)(F)F)c1.I. The Morgan fingerprint density at radius 3 is 2.76 bits per heavy atom. The molecule has 1 aliphatic rings. The number of guanidine groups is 1. The second-order valence-electron chi connectivity index (χ2n) is 4.53. The van der Waals surface area contributed by atoms with Gasteiger partial charge in [-0.15, -0.1) is 24.0 Å². The van der Waals surface area contributed by atoms with Gasteiger partial charge in [0.1, 0.15) is 5.75 Å². The van der Waals surface area contributed by atoms with E-state index in [4.69, 9.17) is 4.74 Å². The van der Waals surface area contributed by atoms with Crippen molar-refractivity contribution in [1.82, 2.24) is 10.2 Å². The minimum atomic E-state index is -4.32. The summed E-state index contributed by atoms with van der Waals surface area (Å²) >= 11 is 0. The summed E-state index contributed by atoms with van der Waals surface area (Å²) in [6, 6.07) is 6.59. The first-order valence-corrected chi connectivity index (χ1v) is 6.22. The van der Waals surface area contributed by atoms with Crippen LogP contribution in [0.1, 0.15) is 5.56 Å². The highest BCUT2D eigenvalue weighted by molar-refractivity contribution is 14.0. The van der Waals surface area contributed by atoms with Crippen molar-refractivity contribution in [2.75, 3.05) is 26.7 Å². The van der Waals surface area contributed by atoms with Crippen LogP contribution in [0.25, 0.3) is 0 Å². The molecule has 4 nitrogen and oxygen atoms in total. The quantitative estimate of drug-likeness (QED) is 0.769. The molecule has 1 aliphatic heterocycles. The van der Waals surface area contributed by atoms with E-state index in [0.29, 0.717) is 6.54 Å². The van der Waals surface area contributed by atoms with Crippen LogP contribution in [0.5, 0.6) is 5.75 Å². The van der Waals surface area contributed by atoms with E-state index in [2.05, 4.69) is 10.3 Å². The van der Waals surface area contributed by atoms with Crippen molar-refractivity contribution in [2.24, 2.45) is 4.99 Å². The van der Waals surface area contributed by atoms with Gasteiger partial charge in [0.2, 0.25) is 0 Å². The molecule has 0 bridgehead atoms. The van der Waals surface area contributed by atoms with Crippen LogP contribution in [-0.2, 0) is 6.54 Å². The number of alkyl halides is 3. The Bertz CT molecular complexity index is 494. The number of hydrogen-bond donors (Lipinski definition) is 1. The highest BCUT2D eigenvalue weighted by Crippen LogP contribution is 2.19. The lowest BCUT2D eigenvalue weighted by atomic mass is 10.2. The zero-order chi connectivity index (χ0) is 14.6. The Kier molecular flexibility index (Phi) is 6.56. The van der Waals surface area contributed by atoms with E-state index >= 15 is 0 Å². The van der Waals surface area contributed by atoms with Crippen molar-refractivity contribution in [3.8, 4) is 5.75 Å². The zero-order valence-electron chi connectivity index (χ0n) is 11.5. The second kappa shape index (κ2) is 7.71. The van der Waals surface area contributed by atoms with Gasteiger partial charge >= 0.3 is 6.18 Å². The summed E-state index contributed by atoms with van der Waals surface area (Å²) in [6.07, 6.45) is -4.32. The van der Waals surface area contributed by atoms with Crippen LogP contribution in [0.15, 0.2) is 29.3 Å². The molecule has 1 heterocycles. The lowest BCUT2D eigenvalue weighted by Gasteiger charge is -2.15. The van der Waals surface area contributed by atoms with Crippen LogP contribution in [0.4, 0.5) is 13.2 Å². The molecule has 1 aromatic rings. The lowest BCUT2D eigenvalue weighted by Crippen LogP contribution is -2.35. The van der Waals surface area contributed by atoms with Crippen LogP contribution >= 0.6 is 24.0 Å². The first-order valence-electron chi connectivity index (χ1n) is 6.22. The van der Waals surface area contributed by atoms with Gasteiger partial charge < -0.3 is 15.0 Å². The van der Waals surface area contributed by atoms with Crippen LogP contribution in [0, 0.1) is 0 Å². The van der Waals surface area contributed by atoms with Crippen LogP contribution < -0.4 is 10.1 Å². The van der Waals surface area contributed by atoms with Crippen molar-refractivity contribution in [2.45, 2.75) is 12.7 Å². The molecule has 21 heavy (non-hydrogen) atoms. The van der Waals surface area contributed by atoms with E-state index in [9.17, 15) is 13.2 Å². The minimum absolute atomic E-state index is 0.